The predicted molar refractivity (Wildman–Crippen MR) is 220 cm³/mol. The maximum absolute atomic E-state index is 6.72. The lowest BCUT2D eigenvalue weighted by Gasteiger charge is -2.27. The van der Waals surface area contributed by atoms with Gasteiger partial charge in [-0.05, 0) is 178 Å². The van der Waals surface area contributed by atoms with Crippen LogP contribution in [0.1, 0.15) is 44.5 Å². The van der Waals surface area contributed by atoms with Gasteiger partial charge in [0.25, 0.3) is 0 Å². The second kappa shape index (κ2) is 11.4. The first-order chi connectivity index (χ1) is 24.7. The van der Waals surface area contributed by atoms with Gasteiger partial charge < -0.3 is 4.42 Å². The van der Waals surface area contributed by atoms with Gasteiger partial charge >= 0.3 is 0 Å². The van der Waals surface area contributed by atoms with Crippen LogP contribution in [0.5, 0.6) is 0 Å². The molecule has 0 unspecified atom stereocenters. The molecule has 0 amide bonds. The van der Waals surface area contributed by atoms with Crippen LogP contribution < -0.4 is 0 Å². The van der Waals surface area contributed by atoms with Gasteiger partial charge in [-0.1, -0.05) is 91.0 Å². The van der Waals surface area contributed by atoms with E-state index in [-0.39, 0.29) is 0 Å². The van der Waals surface area contributed by atoms with Gasteiger partial charge in [-0.3, -0.25) is 0 Å². The third kappa shape index (κ3) is 4.40. The van der Waals surface area contributed by atoms with Crippen molar-refractivity contribution in [2.24, 2.45) is 0 Å². The summed E-state index contributed by atoms with van der Waals surface area (Å²) in [6, 6.07) is 39.7. The number of hydrogen-bond acceptors (Lipinski definition) is 1. The summed E-state index contributed by atoms with van der Waals surface area (Å²) in [5, 5.41) is 10.2. The van der Waals surface area contributed by atoms with Crippen molar-refractivity contribution in [2.45, 2.75) is 55.4 Å². The monoisotopic (exact) mass is 658 g/mol. The molecule has 9 rings (SSSR count). The van der Waals surface area contributed by atoms with Crippen LogP contribution in [-0.4, -0.2) is 0 Å². The molecule has 0 aliphatic rings. The Balaban J connectivity index is 1.52. The number of hydrogen-bond donors (Lipinski definition) is 0. The minimum Gasteiger partial charge on any atom is -0.456 e. The molecule has 8 aromatic carbocycles. The lowest BCUT2D eigenvalue weighted by atomic mass is 9.76. The zero-order valence-electron chi connectivity index (χ0n) is 30.8. The lowest BCUT2D eigenvalue weighted by molar-refractivity contribution is 0.669. The highest BCUT2D eigenvalue weighted by Gasteiger charge is 2.26. The molecule has 1 heteroatoms. The third-order valence-electron chi connectivity index (χ3n) is 12.3. The van der Waals surface area contributed by atoms with Crippen molar-refractivity contribution in [1.82, 2.24) is 0 Å². The van der Waals surface area contributed by atoms with Gasteiger partial charge in [0.05, 0.1) is 0 Å². The summed E-state index contributed by atoms with van der Waals surface area (Å²) in [7, 11) is 0. The molecule has 0 radical (unpaired) electrons. The van der Waals surface area contributed by atoms with E-state index in [1.807, 2.05) is 0 Å². The summed E-state index contributed by atoms with van der Waals surface area (Å²) < 4.78 is 6.72. The first-order valence-electron chi connectivity index (χ1n) is 18.1. The highest BCUT2D eigenvalue weighted by atomic mass is 16.3. The molecule has 0 aliphatic carbocycles. The molecule has 0 saturated carbocycles. The molecule has 9 aromatic rings. The van der Waals surface area contributed by atoms with Crippen molar-refractivity contribution in [2.75, 3.05) is 0 Å². The summed E-state index contributed by atoms with van der Waals surface area (Å²) in [4.78, 5) is 0. The Morgan fingerprint density at radius 1 is 0.314 bits per heavy atom. The fourth-order valence-electron chi connectivity index (χ4n) is 8.97. The van der Waals surface area contributed by atoms with E-state index in [9.17, 15) is 0 Å². The van der Waals surface area contributed by atoms with Crippen LogP contribution in [0.3, 0.4) is 0 Å². The van der Waals surface area contributed by atoms with Gasteiger partial charge in [0.15, 0.2) is 0 Å². The van der Waals surface area contributed by atoms with Gasteiger partial charge in [0.2, 0.25) is 0 Å². The Labute approximate surface area is 300 Å². The van der Waals surface area contributed by atoms with E-state index in [2.05, 4.69) is 165 Å². The minimum absolute atomic E-state index is 0.913. The predicted octanol–water partition coefficient (Wildman–Crippen LogP) is 14.5. The van der Waals surface area contributed by atoms with E-state index in [1.54, 1.807) is 0 Å². The molecule has 0 bridgehead atoms. The molecular weight excluding hydrogens is 617 g/mol. The lowest BCUT2D eigenvalue weighted by Crippen LogP contribution is -2.03. The first-order valence-corrected chi connectivity index (χ1v) is 18.1. The van der Waals surface area contributed by atoms with Gasteiger partial charge in [0.1, 0.15) is 11.2 Å². The van der Waals surface area contributed by atoms with Crippen LogP contribution in [0.25, 0.3) is 87.6 Å². The Bertz CT molecular complexity index is 2820. The minimum atomic E-state index is 0.913. The van der Waals surface area contributed by atoms with Crippen LogP contribution in [0, 0.1) is 55.4 Å². The molecule has 1 nitrogen and oxygen atoms in total. The summed E-state index contributed by atoms with van der Waals surface area (Å²) in [6.07, 6.45) is 0. The first kappa shape index (κ1) is 31.3. The van der Waals surface area contributed by atoms with E-state index in [4.69, 9.17) is 4.42 Å². The maximum atomic E-state index is 6.72. The Morgan fingerprint density at radius 2 is 0.765 bits per heavy atom. The van der Waals surface area contributed by atoms with Crippen molar-refractivity contribution >= 4 is 54.3 Å². The smallest absolute Gasteiger partial charge is 0.136 e. The van der Waals surface area contributed by atoms with Crippen molar-refractivity contribution in [1.29, 1.82) is 0 Å². The quantitative estimate of drug-likeness (QED) is 0.172. The summed E-state index contributed by atoms with van der Waals surface area (Å²) >= 11 is 0. The maximum Gasteiger partial charge on any atom is 0.136 e. The van der Waals surface area contributed by atoms with E-state index in [0.29, 0.717) is 0 Å². The van der Waals surface area contributed by atoms with Crippen LogP contribution >= 0.6 is 0 Å². The topological polar surface area (TPSA) is 13.1 Å². The molecule has 1 heterocycles. The molecule has 0 saturated heterocycles. The number of benzene rings is 8. The molecule has 0 fully saturated rings. The van der Waals surface area contributed by atoms with Crippen molar-refractivity contribution < 1.29 is 4.42 Å². The fraction of sp³-hybridized carbons (Fsp3) is 0.160. The van der Waals surface area contributed by atoms with Crippen molar-refractivity contribution in [3.8, 4) is 33.4 Å². The van der Waals surface area contributed by atoms with Crippen LogP contribution in [0.4, 0.5) is 0 Å². The van der Waals surface area contributed by atoms with Gasteiger partial charge in [-0.2, -0.15) is 0 Å². The Morgan fingerprint density at radius 3 is 1.29 bits per heavy atom. The highest BCUT2D eigenvalue weighted by molar-refractivity contribution is 6.27. The van der Waals surface area contributed by atoms with Crippen LogP contribution in [0.2, 0.25) is 0 Å². The summed E-state index contributed by atoms with van der Waals surface area (Å²) in [5.74, 6) is 0. The SMILES string of the molecule is Cc1c(C)c(C)c2c(-c3ccc4oc5cc6ccccc6c(-c6ccccc6)c5c4c3)c3c(C)c(C)c(C)c(C)c3c(-c3ccccc3)c2c1C. The fourth-order valence-corrected chi connectivity index (χ4v) is 8.97. The van der Waals surface area contributed by atoms with E-state index < -0.39 is 0 Å². The molecule has 0 aliphatic heterocycles. The zero-order valence-corrected chi connectivity index (χ0v) is 30.8. The largest absolute Gasteiger partial charge is 0.456 e. The number of fused-ring (bicyclic) bond motifs is 6. The second-order valence-electron chi connectivity index (χ2n) is 14.6. The Hall–Kier alpha value is -5.66. The zero-order chi connectivity index (χ0) is 35.3. The molecule has 0 atom stereocenters. The van der Waals surface area contributed by atoms with Crippen molar-refractivity contribution in [3.63, 3.8) is 0 Å². The van der Waals surface area contributed by atoms with E-state index in [0.717, 1.165) is 16.6 Å². The normalized spacial score (nSPS) is 11.9. The average Bonchev–Trinajstić information content (AvgIpc) is 3.53. The van der Waals surface area contributed by atoms with Crippen molar-refractivity contribution in [3.05, 3.63) is 154 Å². The molecule has 248 valence electrons. The Kier molecular flexibility index (Phi) is 7.03. The molecule has 1 aromatic heterocycles. The summed E-state index contributed by atoms with van der Waals surface area (Å²) in [5.41, 5.74) is 20.3. The molecule has 51 heavy (non-hydrogen) atoms. The summed E-state index contributed by atoms with van der Waals surface area (Å²) in [6.45, 7) is 18.5. The van der Waals surface area contributed by atoms with Gasteiger partial charge in [-0.25, -0.2) is 0 Å². The molecule has 0 N–H and O–H groups in total. The van der Waals surface area contributed by atoms with E-state index in [1.165, 1.54) is 116 Å². The van der Waals surface area contributed by atoms with Gasteiger partial charge in [-0.15, -0.1) is 0 Å². The highest BCUT2D eigenvalue weighted by Crippen LogP contribution is 2.51. The third-order valence-corrected chi connectivity index (χ3v) is 12.3. The number of aryl methyl sites for hydroxylation is 4. The van der Waals surface area contributed by atoms with Gasteiger partial charge in [0, 0.05) is 16.3 Å². The van der Waals surface area contributed by atoms with Crippen LogP contribution in [0.15, 0.2) is 114 Å². The molecule has 0 spiro atoms. The van der Waals surface area contributed by atoms with E-state index >= 15 is 0 Å². The number of furan rings is 1. The number of rotatable bonds is 3. The molecular formula is C50H42O. The van der Waals surface area contributed by atoms with Crippen LogP contribution in [-0.2, 0) is 0 Å². The standard InChI is InChI=1S/C50H42O/c1-27-29(3)33(7)45-43(31(27)5)48(36-19-13-10-14-20-36)44-32(6)28(2)30(4)34(8)46(44)49(45)38-23-24-41-40(25-38)50-42(51-41)26-37-21-15-16-22-39(37)47(50)35-17-11-9-12-18-35/h9-26H,1-8H3. The average molecular weight is 659 g/mol. The second-order valence-corrected chi connectivity index (χ2v) is 14.6.